The number of benzene rings is 2. The summed E-state index contributed by atoms with van der Waals surface area (Å²) in [6, 6.07) is 13.3. The van der Waals surface area contributed by atoms with Crippen LogP contribution in [0.4, 0.5) is 0 Å². The Bertz CT molecular complexity index is 749. The molecule has 1 aliphatic rings. The first-order chi connectivity index (χ1) is 13.1. The number of carbonyl (C=O) groups is 1. The molecule has 0 atom stereocenters. The van der Waals surface area contributed by atoms with Gasteiger partial charge in [-0.3, -0.25) is 9.69 Å². The number of nitrogens with zero attached hydrogens (tertiary/aromatic N) is 2. The van der Waals surface area contributed by atoms with Gasteiger partial charge in [-0.25, -0.2) is 0 Å². The van der Waals surface area contributed by atoms with Crippen molar-refractivity contribution < 1.29 is 14.3 Å². The summed E-state index contributed by atoms with van der Waals surface area (Å²) in [4.78, 5) is 17.1. The molecule has 0 saturated carbocycles. The molecular weight excluding hydrogens is 364 g/mol. The van der Waals surface area contributed by atoms with Gasteiger partial charge >= 0.3 is 0 Å². The van der Waals surface area contributed by atoms with Gasteiger partial charge in [-0.05, 0) is 36.2 Å². The zero-order valence-corrected chi connectivity index (χ0v) is 16.5. The third-order valence-corrected chi connectivity index (χ3v) is 5.14. The number of piperazine rings is 1. The highest BCUT2D eigenvalue weighted by Gasteiger charge is 2.23. The number of carbonyl (C=O) groups excluding carboxylic acids is 1. The fraction of sp³-hybridized carbons (Fsp3) is 0.381. The highest BCUT2D eigenvalue weighted by molar-refractivity contribution is 6.30. The Labute approximate surface area is 165 Å². The van der Waals surface area contributed by atoms with Crippen molar-refractivity contribution in [1.29, 1.82) is 0 Å². The van der Waals surface area contributed by atoms with Crippen molar-refractivity contribution in [2.75, 3.05) is 46.9 Å². The largest absolute Gasteiger partial charge is 0.497 e. The fourth-order valence-electron chi connectivity index (χ4n) is 3.23. The number of ether oxygens (including phenoxy) is 2. The van der Waals surface area contributed by atoms with E-state index in [2.05, 4.69) is 17.0 Å². The van der Waals surface area contributed by atoms with Crippen LogP contribution in [0.2, 0.25) is 5.02 Å². The number of amides is 1. The molecule has 2 aromatic carbocycles. The zero-order valence-electron chi connectivity index (χ0n) is 15.8. The van der Waals surface area contributed by atoms with Crippen molar-refractivity contribution in [3.8, 4) is 11.5 Å². The van der Waals surface area contributed by atoms with Gasteiger partial charge in [-0.15, -0.1) is 0 Å². The van der Waals surface area contributed by atoms with Gasteiger partial charge in [0.2, 0.25) is 0 Å². The lowest BCUT2D eigenvalue weighted by atomic mass is 10.1. The maximum absolute atomic E-state index is 12.8. The summed E-state index contributed by atoms with van der Waals surface area (Å²) in [5, 5.41) is 0.764. The first-order valence-corrected chi connectivity index (χ1v) is 9.46. The van der Waals surface area contributed by atoms with Crippen molar-refractivity contribution in [2.45, 2.75) is 6.42 Å². The number of hydrogen-bond donors (Lipinski definition) is 0. The number of methoxy groups -OCH3 is 2. The van der Waals surface area contributed by atoms with Crippen LogP contribution in [0.15, 0.2) is 42.5 Å². The van der Waals surface area contributed by atoms with Crippen molar-refractivity contribution in [3.05, 3.63) is 58.6 Å². The molecule has 3 rings (SSSR count). The van der Waals surface area contributed by atoms with Gasteiger partial charge in [-0.1, -0.05) is 23.7 Å². The minimum atomic E-state index is 0.0181. The number of hydrogen-bond acceptors (Lipinski definition) is 4. The van der Waals surface area contributed by atoms with Gasteiger partial charge in [-0.2, -0.15) is 0 Å². The minimum Gasteiger partial charge on any atom is -0.497 e. The van der Waals surface area contributed by atoms with E-state index in [1.54, 1.807) is 32.4 Å². The van der Waals surface area contributed by atoms with Crippen LogP contribution in [-0.2, 0) is 6.42 Å². The molecule has 144 valence electrons. The standard InChI is InChI=1S/C21H25ClN2O3/c1-26-19-13-17(14-20(15-19)27-2)21(25)24-11-9-23(10-12-24)8-7-16-3-5-18(22)6-4-16/h3-6,13-15H,7-12H2,1-2H3. The molecule has 2 aromatic rings. The van der Waals surface area contributed by atoms with Crippen LogP contribution >= 0.6 is 11.6 Å². The predicted molar refractivity (Wildman–Crippen MR) is 107 cm³/mol. The second kappa shape index (κ2) is 9.11. The van der Waals surface area contributed by atoms with Crippen LogP contribution in [0, 0.1) is 0 Å². The lowest BCUT2D eigenvalue weighted by molar-refractivity contribution is 0.0638. The Morgan fingerprint density at radius 2 is 1.56 bits per heavy atom. The summed E-state index contributed by atoms with van der Waals surface area (Å²) in [6.07, 6.45) is 0.984. The topological polar surface area (TPSA) is 42.0 Å². The van der Waals surface area contributed by atoms with Gasteiger partial charge < -0.3 is 14.4 Å². The van der Waals surface area contributed by atoms with Crippen LogP contribution in [0.5, 0.6) is 11.5 Å². The molecule has 0 spiro atoms. The zero-order chi connectivity index (χ0) is 19.2. The Morgan fingerprint density at radius 3 is 2.11 bits per heavy atom. The molecule has 0 aliphatic carbocycles. The molecule has 1 heterocycles. The monoisotopic (exact) mass is 388 g/mol. The normalized spacial score (nSPS) is 14.9. The van der Waals surface area contributed by atoms with E-state index in [1.807, 2.05) is 17.0 Å². The maximum atomic E-state index is 12.8. The van der Waals surface area contributed by atoms with Crippen LogP contribution in [0.25, 0.3) is 0 Å². The van der Waals surface area contributed by atoms with Crippen molar-refractivity contribution in [3.63, 3.8) is 0 Å². The van der Waals surface area contributed by atoms with E-state index in [0.29, 0.717) is 17.1 Å². The summed E-state index contributed by atoms with van der Waals surface area (Å²) in [6.45, 7) is 4.18. The third kappa shape index (κ3) is 5.15. The smallest absolute Gasteiger partial charge is 0.254 e. The molecule has 0 aromatic heterocycles. The summed E-state index contributed by atoms with van der Waals surface area (Å²) in [5.74, 6) is 1.27. The van der Waals surface area contributed by atoms with E-state index in [-0.39, 0.29) is 5.91 Å². The van der Waals surface area contributed by atoms with Crippen molar-refractivity contribution in [1.82, 2.24) is 9.80 Å². The van der Waals surface area contributed by atoms with Gasteiger partial charge in [0.25, 0.3) is 5.91 Å². The van der Waals surface area contributed by atoms with E-state index in [9.17, 15) is 4.79 Å². The Morgan fingerprint density at radius 1 is 0.963 bits per heavy atom. The van der Waals surface area contributed by atoms with E-state index in [1.165, 1.54) is 5.56 Å². The molecule has 0 radical (unpaired) electrons. The lowest BCUT2D eigenvalue weighted by Gasteiger charge is -2.34. The molecule has 1 fully saturated rings. The second-order valence-corrected chi connectivity index (χ2v) is 7.05. The summed E-state index contributed by atoms with van der Waals surface area (Å²) in [5.41, 5.74) is 1.88. The first-order valence-electron chi connectivity index (χ1n) is 9.08. The van der Waals surface area contributed by atoms with Crippen LogP contribution in [-0.4, -0.2) is 62.7 Å². The predicted octanol–water partition coefficient (Wildman–Crippen LogP) is 3.36. The number of rotatable bonds is 6. The highest BCUT2D eigenvalue weighted by Crippen LogP contribution is 2.24. The van der Waals surface area contributed by atoms with E-state index in [4.69, 9.17) is 21.1 Å². The molecule has 0 unspecified atom stereocenters. The molecule has 6 heteroatoms. The third-order valence-electron chi connectivity index (χ3n) is 4.89. The van der Waals surface area contributed by atoms with E-state index in [0.717, 1.165) is 44.2 Å². The molecule has 0 N–H and O–H groups in total. The van der Waals surface area contributed by atoms with Gasteiger partial charge in [0.05, 0.1) is 14.2 Å². The fourth-order valence-corrected chi connectivity index (χ4v) is 3.35. The average Bonchev–Trinajstić information content (AvgIpc) is 2.72. The Kier molecular flexibility index (Phi) is 6.58. The summed E-state index contributed by atoms with van der Waals surface area (Å²) < 4.78 is 10.5. The van der Waals surface area contributed by atoms with Gasteiger partial charge in [0.1, 0.15) is 11.5 Å². The Balaban J connectivity index is 1.54. The Hall–Kier alpha value is -2.24. The van der Waals surface area contributed by atoms with Crippen LogP contribution in [0.3, 0.4) is 0 Å². The van der Waals surface area contributed by atoms with E-state index >= 15 is 0 Å². The SMILES string of the molecule is COc1cc(OC)cc(C(=O)N2CCN(CCc3ccc(Cl)cc3)CC2)c1. The first kappa shape index (κ1) is 19.5. The molecule has 1 saturated heterocycles. The molecule has 5 nitrogen and oxygen atoms in total. The second-order valence-electron chi connectivity index (χ2n) is 6.61. The highest BCUT2D eigenvalue weighted by atomic mass is 35.5. The van der Waals surface area contributed by atoms with Crippen molar-refractivity contribution >= 4 is 17.5 Å². The minimum absolute atomic E-state index is 0.0181. The van der Waals surface area contributed by atoms with Crippen molar-refractivity contribution in [2.24, 2.45) is 0 Å². The maximum Gasteiger partial charge on any atom is 0.254 e. The quantitative estimate of drug-likeness (QED) is 0.761. The van der Waals surface area contributed by atoms with Gasteiger partial charge in [0.15, 0.2) is 0 Å². The molecule has 1 amide bonds. The van der Waals surface area contributed by atoms with Gasteiger partial charge in [0, 0.05) is 49.4 Å². The van der Waals surface area contributed by atoms with Crippen LogP contribution < -0.4 is 9.47 Å². The summed E-state index contributed by atoms with van der Waals surface area (Å²) >= 11 is 5.93. The molecule has 0 bridgehead atoms. The molecule has 27 heavy (non-hydrogen) atoms. The molecule has 1 aliphatic heterocycles. The van der Waals surface area contributed by atoms with Crippen LogP contribution in [0.1, 0.15) is 15.9 Å². The lowest BCUT2D eigenvalue weighted by Crippen LogP contribution is -2.49. The van der Waals surface area contributed by atoms with E-state index < -0.39 is 0 Å². The molecular formula is C21H25ClN2O3. The average molecular weight is 389 g/mol. The number of halogens is 1. The summed E-state index contributed by atoms with van der Waals surface area (Å²) in [7, 11) is 3.17.